The molecule has 2 aromatic rings. The van der Waals surface area contributed by atoms with E-state index in [1.807, 2.05) is 12.3 Å². The van der Waals surface area contributed by atoms with Crippen LogP contribution in [-0.4, -0.2) is 20.8 Å². The summed E-state index contributed by atoms with van der Waals surface area (Å²) < 4.78 is 1.77. The molecule has 2 aromatic heterocycles. The molecule has 114 valence electrons. The quantitative estimate of drug-likeness (QED) is 0.643. The Balaban J connectivity index is 2.42. The molecule has 0 unspecified atom stereocenters. The van der Waals surface area contributed by atoms with Gasteiger partial charge < -0.3 is 0 Å². The average Bonchev–Trinajstić information content (AvgIpc) is 2.47. The Kier molecular flexibility index (Phi) is 3.69. The normalized spacial score (nSPS) is 16.5. The lowest BCUT2D eigenvalue weighted by Gasteiger charge is -2.47. The van der Waals surface area contributed by atoms with Crippen molar-refractivity contribution in [2.75, 3.05) is 6.26 Å². The summed E-state index contributed by atoms with van der Waals surface area (Å²) in [7, 11) is 0. The minimum absolute atomic E-state index is 0.167. The minimum Gasteiger partial charge on any atom is -0.285 e. The molecule has 0 saturated heterocycles. The first-order valence-corrected chi connectivity index (χ1v) is 8.63. The molecular weight excluding hydrogens is 296 g/mol. The van der Waals surface area contributed by atoms with Crippen LogP contribution in [-0.2, 0) is 5.54 Å². The van der Waals surface area contributed by atoms with Crippen molar-refractivity contribution < 1.29 is 0 Å². The first-order valence-electron chi connectivity index (χ1n) is 7.41. The van der Waals surface area contributed by atoms with Crippen molar-refractivity contribution in [1.82, 2.24) is 14.5 Å². The Bertz CT molecular complexity index is 830. The van der Waals surface area contributed by atoms with Crippen LogP contribution < -0.4 is 5.56 Å². The zero-order valence-corrected chi connectivity index (χ0v) is 13.8. The highest BCUT2D eigenvalue weighted by molar-refractivity contribution is 7.98. The van der Waals surface area contributed by atoms with E-state index in [9.17, 15) is 10.1 Å². The van der Waals surface area contributed by atoms with Crippen molar-refractivity contribution in [3.63, 3.8) is 0 Å². The number of hydrogen-bond donors (Lipinski definition) is 0. The summed E-state index contributed by atoms with van der Waals surface area (Å²) in [4.78, 5) is 21.7. The molecule has 1 fully saturated rings. The van der Waals surface area contributed by atoms with Gasteiger partial charge in [0.25, 0.3) is 5.56 Å². The number of rotatable bonds is 3. The molecule has 22 heavy (non-hydrogen) atoms. The summed E-state index contributed by atoms with van der Waals surface area (Å²) in [5, 5.41) is 10.7. The molecule has 0 bridgehead atoms. The van der Waals surface area contributed by atoms with Gasteiger partial charge in [-0.25, -0.2) is 9.97 Å². The number of pyridine rings is 1. The van der Waals surface area contributed by atoms with Gasteiger partial charge in [-0.3, -0.25) is 9.36 Å². The van der Waals surface area contributed by atoms with Crippen molar-refractivity contribution in [2.24, 2.45) is 5.92 Å². The van der Waals surface area contributed by atoms with E-state index in [1.54, 1.807) is 16.8 Å². The number of nitrogens with zero attached hydrogens (tertiary/aromatic N) is 4. The fourth-order valence-corrected chi connectivity index (χ4v) is 3.61. The second kappa shape index (κ2) is 5.40. The van der Waals surface area contributed by atoms with Crippen molar-refractivity contribution in [2.45, 2.75) is 43.8 Å². The molecule has 0 atom stereocenters. The molecule has 6 heteroatoms. The van der Waals surface area contributed by atoms with E-state index in [4.69, 9.17) is 0 Å². The van der Waals surface area contributed by atoms with Crippen molar-refractivity contribution in [3.8, 4) is 6.07 Å². The summed E-state index contributed by atoms with van der Waals surface area (Å²) in [5.41, 5.74) is 0.359. The van der Waals surface area contributed by atoms with E-state index in [2.05, 4.69) is 23.8 Å². The number of nitriles is 1. The molecule has 0 amide bonds. The van der Waals surface area contributed by atoms with Crippen LogP contribution in [0.5, 0.6) is 0 Å². The van der Waals surface area contributed by atoms with Crippen LogP contribution in [0.4, 0.5) is 0 Å². The fraction of sp³-hybridized carbons (Fsp3) is 0.500. The molecule has 1 saturated carbocycles. The summed E-state index contributed by atoms with van der Waals surface area (Å²) in [6, 6.07) is 3.62. The standard InChI is InChI=1S/C16H18N4OS/c1-10(2)16(5-4-6-16)20-13-12(7-11(8-17)14(20)21)9-18-15(19-13)22-3/h7,9-10H,4-6H2,1-3H3. The van der Waals surface area contributed by atoms with Crippen molar-refractivity contribution in [3.05, 3.63) is 28.2 Å². The van der Waals surface area contributed by atoms with Gasteiger partial charge in [0.2, 0.25) is 0 Å². The molecule has 0 spiro atoms. The molecule has 1 aliphatic rings. The third-order valence-electron chi connectivity index (χ3n) is 4.76. The van der Waals surface area contributed by atoms with Crippen molar-refractivity contribution in [1.29, 1.82) is 5.26 Å². The third-order valence-corrected chi connectivity index (χ3v) is 5.32. The SMILES string of the molecule is CSc1ncc2cc(C#N)c(=O)n(C3(C(C)C)CCC3)c2n1. The molecule has 0 aliphatic heterocycles. The van der Waals surface area contributed by atoms with E-state index in [-0.39, 0.29) is 16.7 Å². The highest BCUT2D eigenvalue weighted by Crippen LogP contribution is 2.45. The molecule has 0 radical (unpaired) electrons. The maximum atomic E-state index is 12.8. The first-order chi connectivity index (χ1) is 10.5. The summed E-state index contributed by atoms with van der Waals surface area (Å²) >= 11 is 1.45. The molecule has 3 rings (SSSR count). The van der Waals surface area contributed by atoms with E-state index < -0.39 is 0 Å². The predicted molar refractivity (Wildman–Crippen MR) is 87.0 cm³/mol. The second-order valence-electron chi connectivity index (χ2n) is 6.06. The van der Waals surface area contributed by atoms with Crippen LogP contribution in [0.1, 0.15) is 38.7 Å². The molecule has 0 aromatic carbocycles. The van der Waals surface area contributed by atoms with E-state index in [0.29, 0.717) is 16.7 Å². The first kappa shape index (κ1) is 15.0. The van der Waals surface area contributed by atoms with Crippen LogP contribution >= 0.6 is 11.8 Å². The second-order valence-corrected chi connectivity index (χ2v) is 6.83. The number of hydrogen-bond acceptors (Lipinski definition) is 5. The molecule has 0 N–H and O–H groups in total. The Hall–Kier alpha value is -1.87. The highest BCUT2D eigenvalue weighted by Gasteiger charge is 2.43. The summed E-state index contributed by atoms with van der Waals surface area (Å²) in [5.74, 6) is 0.309. The van der Waals surface area contributed by atoms with Crippen LogP contribution in [0, 0.1) is 17.2 Å². The number of aromatic nitrogens is 3. The Labute approximate surface area is 133 Å². The largest absolute Gasteiger partial charge is 0.285 e. The highest BCUT2D eigenvalue weighted by atomic mass is 32.2. The van der Waals surface area contributed by atoms with Gasteiger partial charge in [-0.2, -0.15) is 5.26 Å². The molecule has 5 nitrogen and oxygen atoms in total. The van der Waals surface area contributed by atoms with Crippen molar-refractivity contribution >= 4 is 22.8 Å². The van der Waals surface area contributed by atoms with Crippen LogP contribution in [0.2, 0.25) is 0 Å². The van der Waals surface area contributed by atoms with Gasteiger partial charge in [-0.15, -0.1) is 0 Å². The Morgan fingerprint density at radius 3 is 2.68 bits per heavy atom. The monoisotopic (exact) mass is 314 g/mol. The van der Waals surface area contributed by atoms with Gasteiger partial charge in [0, 0.05) is 11.6 Å². The lowest BCUT2D eigenvalue weighted by atomic mass is 9.69. The van der Waals surface area contributed by atoms with Crippen LogP contribution in [0.15, 0.2) is 22.2 Å². The zero-order chi connectivity index (χ0) is 15.9. The van der Waals surface area contributed by atoms with Gasteiger partial charge in [-0.1, -0.05) is 25.6 Å². The van der Waals surface area contributed by atoms with E-state index in [1.165, 1.54) is 11.8 Å². The smallest absolute Gasteiger partial charge is 0.270 e. The topological polar surface area (TPSA) is 71.6 Å². The molecule has 1 aliphatic carbocycles. The average molecular weight is 314 g/mol. The number of fused-ring (bicyclic) bond motifs is 1. The predicted octanol–water partition coefficient (Wildman–Crippen LogP) is 2.92. The summed E-state index contributed by atoms with van der Waals surface area (Å²) in [6.07, 6.45) is 6.62. The third kappa shape index (κ3) is 2.03. The minimum atomic E-state index is -0.230. The lowest BCUT2D eigenvalue weighted by molar-refractivity contribution is 0.0808. The van der Waals surface area contributed by atoms with Gasteiger partial charge in [0.05, 0.1) is 5.54 Å². The van der Waals surface area contributed by atoms with Gasteiger partial charge in [-0.05, 0) is 37.5 Å². The van der Waals surface area contributed by atoms with Gasteiger partial charge in [0.15, 0.2) is 5.16 Å². The lowest BCUT2D eigenvalue weighted by Crippen LogP contribution is -2.51. The molecular formula is C16H18N4OS. The maximum absolute atomic E-state index is 12.8. The molecule has 2 heterocycles. The fourth-order valence-electron chi connectivity index (χ4n) is 3.27. The van der Waals surface area contributed by atoms with Gasteiger partial charge in [0.1, 0.15) is 17.3 Å². The van der Waals surface area contributed by atoms with Crippen LogP contribution in [0.3, 0.4) is 0 Å². The summed E-state index contributed by atoms with van der Waals surface area (Å²) in [6.45, 7) is 4.26. The Morgan fingerprint density at radius 1 is 1.45 bits per heavy atom. The number of thioether (sulfide) groups is 1. The van der Waals surface area contributed by atoms with Gasteiger partial charge >= 0.3 is 0 Å². The zero-order valence-electron chi connectivity index (χ0n) is 13.0. The van der Waals surface area contributed by atoms with Crippen LogP contribution in [0.25, 0.3) is 11.0 Å². The Morgan fingerprint density at radius 2 is 2.18 bits per heavy atom. The van der Waals surface area contributed by atoms with E-state index in [0.717, 1.165) is 24.6 Å². The maximum Gasteiger partial charge on any atom is 0.270 e. The van der Waals surface area contributed by atoms with E-state index >= 15 is 0 Å².